The summed E-state index contributed by atoms with van der Waals surface area (Å²) >= 11 is 3.26. The molecular weight excluding hydrogens is 302 g/mol. The van der Waals surface area contributed by atoms with Gasteiger partial charge >= 0.3 is 0 Å². The number of nitrogens with zero attached hydrogens (tertiary/aromatic N) is 1. The van der Waals surface area contributed by atoms with Gasteiger partial charge in [0, 0.05) is 10.7 Å². The molecule has 2 aromatic rings. The van der Waals surface area contributed by atoms with E-state index in [4.69, 9.17) is 5.73 Å². The van der Waals surface area contributed by atoms with E-state index in [1.54, 1.807) is 12.1 Å². The van der Waals surface area contributed by atoms with Crippen LogP contribution in [-0.2, 0) is 6.42 Å². The molecule has 5 heteroatoms. The van der Waals surface area contributed by atoms with Gasteiger partial charge in [0.1, 0.15) is 11.6 Å². The Morgan fingerprint density at radius 2 is 2.00 bits per heavy atom. The van der Waals surface area contributed by atoms with Crippen molar-refractivity contribution in [2.75, 3.05) is 0 Å². The van der Waals surface area contributed by atoms with Crippen LogP contribution in [0.15, 0.2) is 41.0 Å². The zero-order valence-electron chi connectivity index (χ0n) is 9.41. The summed E-state index contributed by atoms with van der Waals surface area (Å²) in [7, 11) is 0. The van der Waals surface area contributed by atoms with E-state index in [2.05, 4.69) is 20.9 Å². The van der Waals surface area contributed by atoms with Gasteiger partial charge in [-0.1, -0.05) is 15.9 Å². The van der Waals surface area contributed by atoms with Crippen LogP contribution in [0.3, 0.4) is 0 Å². The molecule has 0 bridgehead atoms. The highest BCUT2D eigenvalue weighted by molar-refractivity contribution is 9.10. The minimum absolute atomic E-state index is 0.150. The maximum atomic E-state index is 13.6. The van der Waals surface area contributed by atoms with E-state index in [9.17, 15) is 8.78 Å². The molecule has 0 saturated heterocycles. The molecule has 1 aromatic carbocycles. The SMILES string of the molecule is NC(Cc1cc(Br)ccc1F)c1ncccc1F. The molecule has 0 aliphatic carbocycles. The van der Waals surface area contributed by atoms with Crippen molar-refractivity contribution < 1.29 is 8.78 Å². The second kappa shape index (κ2) is 5.54. The lowest BCUT2D eigenvalue weighted by Crippen LogP contribution is -2.17. The Balaban J connectivity index is 2.24. The summed E-state index contributed by atoms with van der Waals surface area (Å²) in [5.41, 5.74) is 6.44. The zero-order chi connectivity index (χ0) is 13.1. The standard InChI is InChI=1S/C13H11BrF2N2/c14-9-3-4-10(15)8(6-9)7-12(17)13-11(16)2-1-5-18-13/h1-6,12H,7,17H2. The van der Waals surface area contributed by atoms with Gasteiger partial charge in [-0.15, -0.1) is 0 Å². The number of rotatable bonds is 3. The fourth-order valence-electron chi connectivity index (χ4n) is 1.70. The molecule has 0 amide bonds. The smallest absolute Gasteiger partial charge is 0.146 e. The zero-order valence-corrected chi connectivity index (χ0v) is 11.0. The van der Waals surface area contributed by atoms with Gasteiger partial charge in [-0.25, -0.2) is 8.78 Å². The average Bonchev–Trinajstić information content (AvgIpc) is 2.34. The van der Waals surface area contributed by atoms with Gasteiger partial charge in [0.15, 0.2) is 0 Å². The molecule has 1 heterocycles. The molecule has 1 atom stereocenters. The van der Waals surface area contributed by atoms with Crippen LogP contribution in [-0.4, -0.2) is 4.98 Å². The van der Waals surface area contributed by atoms with Crippen LogP contribution in [0.4, 0.5) is 8.78 Å². The molecule has 0 aliphatic heterocycles. The third-order valence-corrected chi connectivity index (χ3v) is 3.08. The van der Waals surface area contributed by atoms with Crippen LogP contribution >= 0.6 is 15.9 Å². The van der Waals surface area contributed by atoms with E-state index in [0.29, 0.717) is 5.56 Å². The second-order valence-electron chi connectivity index (χ2n) is 3.92. The summed E-state index contributed by atoms with van der Waals surface area (Å²) in [5, 5.41) is 0. The van der Waals surface area contributed by atoms with E-state index >= 15 is 0 Å². The monoisotopic (exact) mass is 312 g/mol. The number of benzene rings is 1. The molecule has 2 nitrogen and oxygen atoms in total. The van der Waals surface area contributed by atoms with Crippen molar-refractivity contribution in [2.24, 2.45) is 5.73 Å². The van der Waals surface area contributed by atoms with Gasteiger partial charge in [0.25, 0.3) is 0 Å². The number of halogens is 3. The summed E-state index contributed by atoms with van der Waals surface area (Å²) in [4.78, 5) is 3.89. The Labute approximate surface area is 112 Å². The predicted octanol–water partition coefficient (Wildman–Crippen LogP) is 3.36. The third kappa shape index (κ3) is 2.91. The third-order valence-electron chi connectivity index (χ3n) is 2.59. The van der Waals surface area contributed by atoms with Gasteiger partial charge in [0.2, 0.25) is 0 Å². The van der Waals surface area contributed by atoms with Crippen molar-refractivity contribution >= 4 is 15.9 Å². The van der Waals surface area contributed by atoms with Crippen LogP contribution < -0.4 is 5.73 Å². The number of aromatic nitrogens is 1. The number of hydrogen-bond acceptors (Lipinski definition) is 2. The molecule has 0 aliphatic rings. The first-order chi connectivity index (χ1) is 8.58. The van der Waals surface area contributed by atoms with Gasteiger partial charge in [-0.05, 0) is 42.3 Å². The number of pyridine rings is 1. The van der Waals surface area contributed by atoms with E-state index in [1.165, 1.54) is 24.4 Å². The van der Waals surface area contributed by atoms with E-state index in [1.807, 2.05) is 0 Å². The molecule has 0 saturated carbocycles. The molecule has 94 valence electrons. The summed E-state index contributed by atoms with van der Waals surface area (Å²) in [6.07, 6.45) is 1.66. The van der Waals surface area contributed by atoms with Crippen molar-refractivity contribution in [1.82, 2.24) is 4.98 Å². The van der Waals surface area contributed by atoms with Crippen molar-refractivity contribution in [3.8, 4) is 0 Å². The van der Waals surface area contributed by atoms with Crippen LogP contribution in [0.25, 0.3) is 0 Å². The van der Waals surface area contributed by atoms with Crippen molar-refractivity contribution in [2.45, 2.75) is 12.5 Å². The highest BCUT2D eigenvalue weighted by atomic mass is 79.9. The maximum Gasteiger partial charge on any atom is 0.146 e. The lowest BCUT2D eigenvalue weighted by molar-refractivity contribution is 0.550. The van der Waals surface area contributed by atoms with Crippen LogP contribution in [0.1, 0.15) is 17.3 Å². The predicted molar refractivity (Wildman–Crippen MR) is 68.9 cm³/mol. The molecule has 1 aromatic heterocycles. The van der Waals surface area contributed by atoms with Crippen LogP contribution in [0.5, 0.6) is 0 Å². The maximum absolute atomic E-state index is 13.6. The highest BCUT2D eigenvalue weighted by Crippen LogP contribution is 2.21. The van der Waals surface area contributed by atoms with E-state index in [0.717, 1.165) is 4.47 Å². The van der Waals surface area contributed by atoms with Crippen molar-refractivity contribution in [3.05, 3.63) is 63.9 Å². The molecule has 2 N–H and O–H groups in total. The number of hydrogen-bond donors (Lipinski definition) is 1. The molecular formula is C13H11BrF2N2. The first kappa shape index (κ1) is 13.1. The molecule has 0 spiro atoms. The van der Waals surface area contributed by atoms with Gasteiger partial charge in [-0.2, -0.15) is 0 Å². The molecule has 18 heavy (non-hydrogen) atoms. The van der Waals surface area contributed by atoms with Gasteiger partial charge < -0.3 is 5.73 Å². The first-order valence-electron chi connectivity index (χ1n) is 5.38. The summed E-state index contributed by atoms with van der Waals surface area (Å²) in [6.45, 7) is 0. The molecule has 0 radical (unpaired) electrons. The van der Waals surface area contributed by atoms with Crippen LogP contribution in [0.2, 0.25) is 0 Å². The first-order valence-corrected chi connectivity index (χ1v) is 6.17. The fraction of sp³-hybridized carbons (Fsp3) is 0.154. The summed E-state index contributed by atoms with van der Waals surface area (Å²) in [6, 6.07) is 6.70. The lowest BCUT2D eigenvalue weighted by Gasteiger charge is -2.12. The topological polar surface area (TPSA) is 38.9 Å². The summed E-state index contributed by atoms with van der Waals surface area (Å²) < 4.78 is 27.8. The minimum atomic E-state index is -0.671. The Morgan fingerprint density at radius 3 is 2.72 bits per heavy atom. The van der Waals surface area contributed by atoms with Gasteiger partial charge in [0.05, 0.1) is 11.7 Å². The average molecular weight is 313 g/mol. The highest BCUT2D eigenvalue weighted by Gasteiger charge is 2.15. The number of nitrogens with two attached hydrogens (primary N) is 1. The largest absolute Gasteiger partial charge is 0.322 e. The Bertz CT molecular complexity index is 560. The van der Waals surface area contributed by atoms with Crippen LogP contribution in [0, 0.1) is 11.6 Å². The molecule has 2 rings (SSSR count). The Hall–Kier alpha value is -1.33. The second-order valence-corrected chi connectivity index (χ2v) is 4.83. The van der Waals surface area contributed by atoms with E-state index < -0.39 is 11.9 Å². The molecule has 0 fully saturated rings. The lowest BCUT2D eigenvalue weighted by atomic mass is 10.0. The van der Waals surface area contributed by atoms with Crippen molar-refractivity contribution in [3.63, 3.8) is 0 Å². The fourth-order valence-corrected chi connectivity index (χ4v) is 2.11. The van der Waals surface area contributed by atoms with E-state index in [-0.39, 0.29) is 17.9 Å². The van der Waals surface area contributed by atoms with Gasteiger partial charge in [-0.3, -0.25) is 4.98 Å². The van der Waals surface area contributed by atoms with Crippen molar-refractivity contribution in [1.29, 1.82) is 0 Å². The minimum Gasteiger partial charge on any atom is -0.322 e. The normalized spacial score (nSPS) is 12.4. The Kier molecular flexibility index (Phi) is 4.04. The Morgan fingerprint density at radius 1 is 1.22 bits per heavy atom. The molecule has 1 unspecified atom stereocenters. The quantitative estimate of drug-likeness (QED) is 0.943. The summed E-state index contributed by atoms with van der Waals surface area (Å²) in [5.74, 6) is -0.828.